The first-order valence-electron chi connectivity index (χ1n) is 4.48. The van der Waals surface area contributed by atoms with Crippen LogP contribution in [0.1, 0.15) is 27.7 Å². The van der Waals surface area contributed by atoms with Crippen LogP contribution in [-0.4, -0.2) is 18.6 Å². The molecule has 0 aromatic heterocycles. The predicted molar refractivity (Wildman–Crippen MR) is 62.4 cm³/mol. The fourth-order valence-electron chi connectivity index (χ4n) is 0.765. The van der Waals surface area contributed by atoms with Crippen LogP contribution in [0.4, 0.5) is 0 Å². The van der Waals surface area contributed by atoms with E-state index in [2.05, 4.69) is 32.7 Å². The number of hydrogen-bond donors (Lipinski definition) is 2. The molecule has 0 rings (SSSR count). The van der Waals surface area contributed by atoms with Crippen LogP contribution in [0, 0.1) is 5.92 Å². The average molecular weight is 207 g/mol. The van der Waals surface area contributed by atoms with Crippen molar-refractivity contribution in [3.8, 4) is 0 Å². The third kappa shape index (κ3) is 8.28. The molecule has 0 aromatic carbocycles. The topological polar surface area (TPSA) is 38.0 Å². The van der Waals surface area contributed by atoms with Crippen molar-refractivity contribution in [2.45, 2.75) is 33.2 Å². The summed E-state index contributed by atoms with van der Waals surface area (Å²) in [5.74, 6) is 0.483. The van der Waals surface area contributed by atoms with Gasteiger partial charge in [0.05, 0.1) is 0 Å². The van der Waals surface area contributed by atoms with Gasteiger partial charge in [-0.15, -0.1) is 12.4 Å². The van der Waals surface area contributed by atoms with Crippen LogP contribution >= 0.6 is 12.4 Å². The van der Waals surface area contributed by atoms with Gasteiger partial charge in [0.1, 0.15) is 0 Å². The Morgan fingerprint density at radius 1 is 1.54 bits per heavy atom. The van der Waals surface area contributed by atoms with Gasteiger partial charge in [0.25, 0.3) is 0 Å². The average Bonchev–Trinajstić information content (AvgIpc) is 1.84. The van der Waals surface area contributed by atoms with Crippen molar-refractivity contribution in [3.05, 3.63) is 12.2 Å². The molecule has 13 heavy (non-hydrogen) atoms. The fraction of sp³-hybridized carbons (Fsp3) is 0.800. The monoisotopic (exact) mass is 206 g/mol. The molecule has 1 unspecified atom stereocenters. The van der Waals surface area contributed by atoms with E-state index >= 15 is 0 Å². The second-order valence-corrected chi connectivity index (χ2v) is 4.31. The molecule has 0 bridgehead atoms. The number of rotatable bonds is 5. The lowest BCUT2D eigenvalue weighted by molar-refractivity contribution is 0.334. The van der Waals surface area contributed by atoms with Gasteiger partial charge in [-0.1, -0.05) is 19.1 Å². The Bertz CT molecular complexity index is 149. The zero-order chi connectivity index (χ0) is 9.78. The molecular formula is C10H23ClN2. The molecule has 0 saturated heterocycles. The summed E-state index contributed by atoms with van der Waals surface area (Å²) in [5.41, 5.74) is 7.00. The Kier molecular flexibility index (Phi) is 7.61. The number of hydrogen-bond acceptors (Lipinski definition) is 2. The molecule has 0 aromatic rings. The summed E-state index contributed by atoms with van der Waals surface area (Å²) in [5, 5.41) is 3.31. The Balaban J connectivity index is 0. The summed E-state index contributed by atoms with van der Waals surface area (Å²) in [7, 11) is 0. The van der Waals surface area contributed by atoms with E-state index in [0.29, 0.717) is 5.92 Å². The van der Waals surface area contributed by atoms with E-state index in [1.54, 1.807) is 0 Å². The molecule has 80 valence electrons. The van der Waals surface area contributed by atoms with Crippen LogP contribution in [0.2, 0.25) is 0 Å². The van der Waals surface area contributed by atoms with E-state index in [1.165, 1.54) is 0 Å². The van der Waals surface area contributed by atoms with Crippen LogP contribution in [0.3, 0.4) is 0 Å². The number of nitrogens with two attached hydrogens (primary N) is 1. The van der Waals surface area contributed by atoms with E-state index in [9.17, 15) is 0 Å². The van der Waals surface area contributed by atoms with Crippen LogP contribution in [0.25, 0.3) is 0 Å². The van der Waals surface area contributed by atoms with Crippen molar-refractivity contribution in [1.29, 1.82) is 0 Å². The normalized spacial score (nSPS) is 13.3. The van der Waals surface area contributed by atoms with E-state index < -0.39 is 0 Å². The van der Waals surface area contributed by atoms with E-state index in [0.717, 1.165) is 18.7 Å². The maximum Gasteiger partial charge on any atom is 0.0159 e. The molecule has 0 saturated carbocycles. The van der Waals surface area contributed by atoms with Crippen LogP contribution < -0.4 is 11.1 Å². The van der Waals surface area contributed by atoms with Gasteiger partial charge in [-0.3, -0.25) is 0 Å². The van der Waals surface area contributed by atoms with Crippen molar-refractivity contribution in [1.82, 2.24) is 5.32 Å². The minimum Gasteiger partial charge on any atom is -0.325 e. The first-order valence-corrected chi connectivity index (χ1v) is 4.48. The summed E-state index contributed by atoms with van der Waals surface area (Å²) in [4.78, 5) is 0. The summed E-state index contributed by atoms with van der Waals surface area (Å²) in [6.45, 7) is 14.0. The van der Waals surface area contributed by atoms with Crippen molar-refractivity contribution >= 4 is 12.4 Å². The molecule has 1 atom stereocenters. The summed E-state index contributed by atoms with van der Waals surface area (Å²) in [6.07, 6.45) is 0. The van der Waals surface area contributed by atoms with Crippen molar-refractivity contribution in [3.63, 3.8) is 0 Å². The molecular weight excluding hydrogens is 184 g/mol. The first-order chi connectivity index (χ1) is 5.34. The highest BCUT2D eigenvalue weighted by molar-refractivity contribution is 5.85. The first kappa shape index (κ1) is 15.4. The number of halogens is 1. The highest BCUT2D eigenvalue weighted by atomic mass is 35.5. The summed E-state index contributed by atoms with van der Waals surface area (Å²) in [6, 6.07) is 0. The van der Waals surface area contributed by atoms with E-state index in [1.807, 2.05) is 6.92 Å². The molecule has 3 heteroatoms. The molecule has 2 nitrogen and oxygen atoms in total. The van der Waals surface area contributed by atoms with E-state index in [4.69, 9.17) is 5.73 Å². The van der Waals surface area contributed by atoms with Crippen LogP contribution in [0.15, 0.2) is 12.2 Å². The van der Waals surface area contributed by atoms with Gasteiger partial charge < -0.3 is 11.1 Å². The van der Waals surface area contributed by atoms with Crippen LogP contribution in [-0.2, 0) is 0 Å². The van der Waals surface area contributed by atoms with Gasteiger partial charge in [-0.2, -0.15) is 0 Å². The Morgan fingerprint density at radius 2 is 2.00 bits per heavy atom. The highest BCUT2D eigenvalue weighted by Gasteiger charge is 2.19. The van der Waals surface area contributed by atoms with Gasteiger partial charge in [0, 0.05) is 12.1 Å². The minimum absolute atomic E-state index is 0. The van der Waals surface area contributed by atoms with Gasteiger partial charge >= 0.3 is 0 Å². The molecule has 0 fully saturated rings. The zero-order valence-corrected chi connectivity index (χ0v) is 10.0. The summed E-state index contributed by atoms with van der Waals surface area (Å²) >= 11 is 0. The van der Waals surface area contributed by atoms with Crippen LogP contribution in [0.5, 0.6) is 0 Å². The zero-order valence-electron chi connectivity index (χ0n) is 9.18. The highest BCUT2D eigenvalue weighted by Crippen LogP contribution is 2.10. The lowest BCUT2D eigenvalue weighted by Gasteiger charge is -2.27. The third-order valence-corrected chi connectivity index (χ3v) is 2.15. The van der Waals surface area contributed by atoms with E-state index in [-0.39, 0.29) is 17.9 Å². The smallest absolute Gasteiger partial charge is 0.0159 e. The molecule has 0 amide bonds. The largest absolute Gasteiger partial charge is 0.325 e. The quantitative estimate of drug-likeness (QED) is 0.675. The van der Waals surface area contributed by atoms with Crippen molar-refractivity contribution in [2.75, 3.05) is 13.1 Å². The number of nitrogens with one attached hydrogen (secondary N) is 1. The van der Waals surface area contributed by atoms with Crippen molar-refractivity contribution < 1.29 is 0 Å². The second kappa shape index (κ2) is 6.41. The summed E-state index contributed by atoms with van der Waals surface area (Å²) < 4.78 is 0. The molecule has 0 spiro atoms. The minimum atomic E-state index is -0.0952. The maximum absolute atomic E-state index is 5.93. The van der Waals surface area contributed by atoms with Gasteiger partial charge in [-0.05, 0) is 33.2 Å². The molecule has 0 heterocycles. The Labute approximate surface area is 88.4 Å². The van der Waals surface area contributed by atoms with Gasteiger partial charge in [0.2, 0.25) is 0 Å². The predicted octanol–water partition coefficient (Wildman–Crippen LogP) is 1.95. The standard InChI is InChI=1S/C10H22N2.ClH/c1-8(2)6-12-7-9(3)10(4,5)11;/h9,12H,1,6-7,11H2,2-5H3;1H. The third-order valence-electron chi connectivity index (χ3n) is 2.15. The van der Waals surface area contributed by atoms with Gasteiger partial charge in [0.15, 0.2) is 0 Å². The Hall–Kier alpha value is -0.0500. The Morgan fingerprint density at radius 3 is 2.31 bits per heavy atom. The van der Waals surface area contributed by atoms with Crippen molar-refractivity contribution in [2.24, 2.45) is 11.7 Å². The molecule has 3 N–H and O–H groups in total. The molecule has 0 aliphatic rings. The lowest BCUT2D eigenvalue weighted by Crippen LogP contribution is -2.44. The SMILES string of the molecule is C=C(C)CNCC(C)C(C)(C)N.Cl. The molecule has 0 aliphatic heterocycles. The molecule has 0 radical (unpaired) electrons. The second-order valence-electron chi connectivity index (χ2n) is 4.31. The fourth-order valence-corrected chi connectivity index (χ4v) is 0.765. The lowest BCUT2D eigenvalue weighted by atomic mass is 9.90. The maximum atomic E-state index is 5.93. The van der Waals surface area contributed by atoms with Gasteiger partial charge in [-0.25, -0.2) is 0 Å². The molecule has 0 aliphatic carbocycles.